The summed E-state index contributed by atoms with van der Waals surface area (Å²) in [6, 6.07) is 14.8. The van der Waals surface area contributed by atoms with Gasteiger partial charge < -0.3 is 0 Å². The van der Waals surface area contributed by atoms with Crippen LogP contribution in [0.1, 0.15) is 21.0 Å². The summed E-state index contributed by atoms with van der Waals surface area (Å²) in [5, 5.41) is 1.17. The first-order valence-corrected chi connectivity index (χ1v) is 8.90. The summed E-state index contributed by atoms with van der Waals surface area (Å²) in [5.74, 6) is 0. The average molecular weight is 411 g/mol. The number of alkyl halides is 1. The molecule has 0 fully saturated rings. The van der Waals surface area contributed by atoms with E-state index < -0.39 is 0 Å². The van der Waals surface area contributed by atoms with Crippen LogP contribution in [0.5, 0.6) is 0 Å². The van der Waals surface area contributed by atoms with Gasteiger partial charge in [0.2, 0.25) is 0 Å². The zero-order valence-electron chi connectivity index (χ0n) is 10.9. The van der Waals surface area contributed by atoms with Gasteiger partial charge in [0.05, 0.1) is 15.2 Å². The lowest BCUT2D eigenvalue weighted by Gasteiger charge is -2.10. The van der Waals surface area contributed by atoms with E-state index in [9.17, 15) is 0 Å². The minimum absolute atomic E-state index is 0.292. The van der Waals surface area contributed by atoms with Crippen LogP contribution in [-0.4, -0.2) is 4.98 Å². The lowest BCUT2D eigenvalue weighted by Crippen LogP contribution is -1.95. The average Bonchev–Trinajstić information content (AvgIpc) is 2.83. The van der Waals surface area contributed by atoms with Gasteiger partial charge in [0, 0.05) is 15.7 Å². The smallest absolute Gasteiger partial charge is 0.0953 e. The Morgan fingerprint density at radius 1 is 1.20 bits per heavy atom. The molecule has 0 amide bonds. The molecule has 4 heteroatoms. The van der Waals surface area contributed by atoms with Gasteiger partial charge in [0.15, 0.2) is 0 Å². The predicted molar refractivity (Wildman–Crippen MR) is 93.9 cm³/mol. The van der Waals surface area contributed by atoms with Gasteiger partial charge in [0.1, 0.15) is 0 Å². The van der Waals surface area contributed by atoms with Crippen LogP contribution in [-0.2, 0) is 6.42 Å². The van der Waals surface area contributed by atoms with Crippen LogP contribution in [0.3, 0.4) is 0 Å². The zero-order valence-corrected chi connectivity index (χ0v) is 14.9. The number of para-hydroxylation sites is 1. The summed E-state index contributed by atoms with van der Waals surface area (Å²) < 4.78 is 2.41. The minimum Gasteiger partial charge on any atom is -0.241 e. The maximum atomic E-state index is 4.69. The number of hydrogen-bond donors (Lipinski definition) is 0. The number of benzene rings is 2. The molecule has 1 atom stereocenters. The van der Waals surface area contributed by atoms with Gasteiger partial charge in [-0.1, -0.05) is 56.1 Å². The summed E-state index contributed by atoms with van der Waals surface area (Å²) in [5.41, 5.74) is 3.63. The Morgan fingerprint density at radius 3 is 2.75 bits per heavy atom. The van der Waals surface area contributed by atoms with E-state index in [1.807, 2.05) is 6.07 Å². The Balaban J connectivity index is 1.84. The van der Waals surface area contributed by atoms with Crippen molar-refractivity contribution in [2.45, 2.75) is 18.2 Å². The lowest BCUT2D eigenvalue weighted by molar-refractivity contribution is 0.936. The SMILES string of the molecule is Cc1ccc(C(Br)Cc2nc3ccccc3s2)cc1Br. The third kappa shape index (κ3) is 2.97. The topological polar surface area (TPSA) is 12.9 Å². The molecule has 1 unspecified atom stereocenters. The minimum atomic E-state index is 0.292. The van der Waals surface area contributed by atoms with Crippen molar-refractivity contribution in [2.75, 3.05) is 0 Å². The highest BCUT2D eigenvalue weighted by Crippen LogP contribution is 2.32. The molecule has 0 aliphatic rings. The molecule has 0 bridgehead atoms. The number of halogens is 2. The quantitative estimate of drug-likeness (QED) is 0.479. The first kappa shape index (κ1) is 14.2. The fraction of sp³-hybridized carbons (Fsp3) is 0.188. The predicted octanol–water partition coefficient (Wildman–Crippen LogP) is 6.05. The second kappa shape index (κ2) is 5.96. The van der Waals surface area contributed by atoms with E-state index in [1.54, 1.807) is 11.3 Å². The van der Waals surface area contributed by atoms with Crippen LogP contribution < -0.4 is 0 Å². The van der Waals surface area contributed by atoms with Crippen LogP contribution in [0.4, 0.5) is 0 Å². The monoisotopic (exact) mass is 409 g/mol. The summed E-state index contributed by atoms with van der Waals surface area (Å²) in [4.78, 5) is 4.99. The summed E-state index contributed by atoms with van der Waals surface area (Å²) in [6.45, 7) is 2.10. The van der Waals surface area contributed by atoms with Gasteiger partial charge in [-0.05, 0) is 36.2 Å². The number of aryl methyl sites for hydroxylation is 1. The number of nitrogens with zero attached hydrogens (tertiary/aromatic N) is 1. The summed E-state index contributed by atoms with van der Waals surface area (Å²) in [7, 11) is 0. The molecule has 3 aromatic rings. The van der Waals surface area contributed by atoms with Gasteiger partial charge in [0.25, 0.3) is 0 Å². The molecule has 0 aliphatic heterocycles. The Morgan fingerprint density at radius 2 is 2.00 bits per heavy atom. The summed E-state index contributed by atoms with van der Waals surface area (Å²) in [6.07, 6.45) is 0.912. The van der Waals surface area contributed by atoms with Gasteiger partial charge >= 0.3 is 0 Å². The molecule has 1 nitrogen and oxygen atoms in total. The van der Waals surface area contributed by atoms with Crippen molar-refractivity contribution in [3.8, 4) is 0 Å². The van der Waals surface area contributed by atoms with E-state index in [-0.39, 0.29) is 0 Å². The summed E-state index contributed by atoms with van der Waals surface area (Å²) >= 11 is 9.15. The molecule has 1 heterocycles. The second-order valence-corrected chi connectivity index (χ2v) is 7.83. The highest BCUT2D eigenvalue weighted by molar-refractivity contribution is 9.10. The van der Waals surface area contributed by atoms with Gasteiger partial charge in [-0.25, -0.2) is 4.98 Å². The molecule has 20 heavy (non-hydrogen) atoms. The number of hydrogen-bond acceptors (Lipinski definition) is 2. The van der Waals surface area contributed by atoms with E-state index in [4.69, 9.17) is 4.98 Å². The van der Waals surface area contributed by atoms with Crippen molar-refractivity contribution in [1.29, 1.82) is 0 Å². The zero-order chi connectivity index (χ0) is 14.1. The van der Waals surface area contributed by atoms with E-state index in [1.165, 1.54) is 20.8 Å². The fourth-order valence-electron chi connectivity index (χ4n) is 2.08. The highest BCUT2D eigenvalue weighted by atomic mass is 79.9. The molecule has 0 aliphatic carbocycles. The second-order valence-electron chi connectivity index (χ2n) is 4.76. The number of thiazole rings is 1. The van der Waals surface area contributed by atoms with Crippen molar-refractivity contribution >= 4 is 53.4 Å². The Hall–Kier alpha value is -0.710. The van der Waals surface area contributed by atoms with E-state index >= 15 is 0 Å². The molecular formula is C16H13Br2NS. The molecule has 0 spiro atoms. The fourth-order valence-corrected chi connectivity index (χ4v) is 4.30. The van der Waals surface area contributed by atoms with Crippen LogP contribution in [0.15, 0.2) is 46.9 Å². The normalized spacial score (nSPS) is 12.8. The molecule has 2 aromatic carbocycles. The van der Waals surface area contributed by atoms with Crippen LogP contribution >= 0.6 is 43.2 Å². The van der Waals surface area contributed by atoms with Crippen molar-refractivity contribution in [3.63, 3.8) is 0 Å². The maximum Gasteiger partial charge on any atom is 0.0953 e. The molecule has 0 saturated carbocycles. The molecule has 0 N–H and O–H groups in total. The van der Waals surface area contributed by atoms with E-state index in [2.05, 4.69) is 75.2 Å². The van der Waals surface area contributed by atoms with Crippen molar-refractivity contribution in [2.24, 2.45) is 0 Å². The highest BCUT2D eigenvalue weighted by Gasteiger charge is 2.12. The first-order chi connectivity index (χ1) is 9.63. The number of rotatable bonds is 3. The molecule has 0 saturated heterocycles. The molecular weight excluding hydrogens is 398 g/mol. The number of aromatic nitrogens is 1. The van der Waals surface area contributed by atoms with E-state index in [0.29, 0.717) is 4.83 Å². The third-order valence-electron chi connectivity index (χ3n) is 3.25. The Bertz CT molecular complexity index is 718. The van der Waals surface area contributed by atoms with Crippen LogP contribution in [0.2, 0.25) is 0 Å². The van der Waals surface area contributed by atoms with E-state index in [0.717, 1.165) is 16.4 Å². The van der Waals surface area contributed by atoms with Crippen LogP contribution in [0.25, 0.3) is 10.2 Å². The molecule has 3 rings (SSSR count). The van der Waals surface area contributed by atoms with Gasteiger partial charge in [-0.15, -0.1) is 11.3 Å². The third-order valence-corrected chi connectivity index (χ3v) is 6.02. The first-order valence-electron chi connectivity index (χ1n) is 6.38. The standard InChI is InChI=1S/C16H13Br2NS/c1-10-6-7-11(8-12(10)17)13(18)9-16-19-14-4-2-3-5-15(14)20-16/h2-8,13H,9H2,1H3. The van der Waals surface area contributed by atoms with Crippen molar-refractivity contribution in [1.82, 2.24) is 4.98 Å². The molecule has 0 radical (unpaired) electrons. The Labute approximate surface area is 139 Å². The number of fused-ring (bicyclic) bond motifs is 1. The maximum absolute atomic E-state index is 4.69. The van der Waals surface area contributed by atoms with Crippen molar-refractivity contribution < 1.29 is 0 Å². The lowest BCUT2D eigenvalue weighted by atomic mass is 10.1. The molecule has 1 aromatic heterocycles. The largest absolute Gasteiger partial charge is 0.241 e. The van der Waals surface area contributed by atoms with Crippen LogP contribution in [0, 0.1) is 6.92 Å². The van der Waals surface area contributed by atoms with Gasteiger partial charge in [-0.3, -0.25) is 0 Å². The Kier molecular flexibility index (Phi) is 4.24. The van der Waals surface area contributed by atoms with Crippen molar-refractivity contribution in [3.05, 3.63) is 63.1 Å². The van der Waals surface area contributed by atoms with Gasteiger partial charge in [-0.2, -0.15) is 0 Å². The molecule has 102 valence electrons.